The topological polar surface area (TPSA) is 36.0 Å². The Morgan fingerprint density at radius 2 is 2.36 bits per heavy atom. The van der Waals surface area contributed by atoms with Crippen molar-refractivity contribution < 1.29 is 5.11 Å². The molecule has 0 unspecified atom stereocenters. The second-order valence-corrected chi connectivity index (χ2v) is 2.85. The van der Waals surface area contributed by atoms with Gasteiger partial charge in [-0.1, -0.05) is 25.2 Å². The van der Waals surface area contributed by atoms with Crippen LogP contribution in [0.4, 0.5) is 0 Å². The summed E-state index contributed by atoms with van der Waals surface area (Å²) in [5.41, 5.74) is 0.890. The number of hydrogen-bond donors (Lipinski definition) is 2. The molecule has 1 aromatic heterocycles. The Labute approximate surface area is 70.9 Å². The minimum absolute atomic E-state index is 0.373. The molecule has 0 saturated heterocycles. The van der Waals surface area contributed by atoms with E-state index in [2.05, 4.69) is 4.98 Å². The lowest BCUT2D eigenvalue weighted by atomic mass is 10.1. The van der Waals surface area contributed by atoms with E-state index in [9.17, 15) is 5.11 Å². The largest absolute Gasteiger partial charge is 0.388 e. The minimum Gasteiger partial charge on any atom is -0.388 e. The fourth-order valence-corrected chi connectivity index (χ4v) is 0.993. The maximum absolute atomic E-state index is 9.37. The first-order chi connectivity index (χ1) is 5.24. The third kappa shape index (κ3) is 2.13. The first-order valence-corrected chi connectivity index (χ1v) is 4.01. The highest BCUT2D eigenvalue weighted by Gasteiger charge is 2.01. The molecule has 60 valence electrons. The van der Waals surface area contributed by atoms with Gasteiger partial charge in [0.25, 0.3) is 0 Å². The second kappa shape index (κ2) is 3.64. The summed E-state index contributed by atoms with van der Waals surface area (Å²) in [5.74, 6) is 0. The lowest BCUT2D eigenvalue weighted by molar-refractivity contribution is 0.173. The Kier molecular flexibility index (Phi) is 2.79. The van der Waals surface area contributed by atoms with E-state index in [4.69, 9.17) is 12.2 Å². The lowest BCUT2D eigenvalue weighted by Gasteiger charge is -2.05. The van der Waals surface area contributed by atoms with Crippen LogP contribution in [0.3, 0.4) is 0 Å². The van der Waals surface area contributed by atoms with Crippen molar-refractivity contribution in [1.29, 1.82) is 0 Å². The fourth-order valence-electron chi connectivity index (χ4n) is 0.866. The van der Waals surface area contributed by atoms with Gasteiger partial charge in [0, 0.05) is 6.20 Å². The molecule has 3 heteroatoms. The minimum atomic E-state index is -0.373. The number of aromatic amines is 1. The molecular formula is C8H11NOS. The van der Waals surface area contributed by atoms with Gasteiger partial charge >= 0.3 is 0 Å². The van der Waals surface area contributed by atoms with Crippen molar-refractivity contribution in [3.8, 4) is 0 Å². The van der Waals surface area contributed by atoms with Gasteiger partial charge in [0.05, 0.1) is 6.10 Å². The molecule has 0 aliphatic carbocycles. The van der Waals surface area contributed by atoms with Gasteiger partial charge in [-0.05, 0) is 18.1 Å². The molecule has 0 aliphatic heterocycles. The van der Waals surface area contributed by atoms with Gasteiger partial charge in [0.2, 0.25) is 0 Å². The van der Waals surface area contributed by atoms with Crippen molar-refractivity contribution in [2.75, 3.05) is 0 Å². The lowest BCUT2D eigenvalue weighted by Crippen LogP contribution is -1.94. The zero-order chi connectivity index (χ0) is 8.27. The van der Waals surface area contributed by atoms with Gasteiger partial charge in [0.15, 0.2) is 0 Å². The van der Waals surface area contributed by atoms with Crippen LogP contribution in [0.15, 0.2) is 18.3 Å². The molecule has 0 bridgehead atoms. The van der Waals surface area contributed by atoms with Crippen molar-refractivity contribution in [3.05, 3.63) is 28.5 Å². The molecular weight excluding hydrogens is 158 g/mol. The Bertz CT molecular complexity index is 261. The van der Waals surface area contributed by atoms with Crippen LogP contribution in [0.1, 0.15) is 25.0 Å². The first-order valence-electron chi connectivity index (χ1n) is 3.60. The number of H-pyrrole nitrogens is 1. The van der Waals surface area contributed by atoms with Crippen LogP contribution in [0.25, 0.3) is 0 Å². The molecule has 11 heavy (non-hydrogen) atoms. The third-order valence-corrected chi connectivity index (χ3v) is 1.83. The highest BCUT2D eigenvalue weighted by atomic mass is 32.1. The van der Waals surface area contributed by atoms with Crippen LogP contribution in [-0.4, -0.2) is 10.1 Å². The van der Waals surface area contributed by atoms with E-state index in [-0.39, 0.29) is 6.10 Å². The molecule has 0 aromatic carbocycles. The highest BCUT2D eigenvalue weighted by Crippen LogP contribution is 2.13. The average Bonchev–Trinajstić information content (AvgIpc) is 2.05. The standard InChI is InChI=1S/C8H11NOS/c1-2-7(10)6-3-4-8(11)9-5-6/h3-5,7,10H,2H2,1H3,(H,9,11)/t7-/m1/s1. The summed E-state index contributed by atoms with van der Waals surface area (Å²) in [4.78, 5) is 2.87. The molecule has 0 radical (unpaired) electrons. The van der Waals surface area contributed by atoms with Crippen molar-refractivity contribution >= 4 is 12.2 Å². The normalized spacial score (nSPS) is 12.9. The molecule has 0 aliphatic rings. The van der Waals surface area contributed by atoms with Gasteiger partial charge in [-0.25, -0.2) is 0 Å². The smallest absolute Gasteiger partial charge is 0.103 e. The highest BCUT2D eigenvalue weighted by molar-refractivity contribution is 7.71. The molecule has 2 N–H and O–H groups in total. The van der Waals surface area contributed by atoms with E-state index >= 15 is 0 Å². The first kappa shape index (κ1) is 8.43. The van der Waals surface area contributed by atoms with Crippen LogP contribution >= 0.6 is 12.2 Å². The van der Waals surface area contributed by atoms with Crippen molar-refractivity contribution in [1.82, 2.24) is 4.98 Å². The molecule has 0 amide bonds. The van der Waals surface area contributed by atoms with E-state index in [1.54, 1.807) is 12.3 Å². The van der Waals surface area contributed by atoms with Crippen molar-refractivity contribution in [2.45, 2.75) is 19.4 Å². The maximum Gasteiger partial charge on any atom is 0.103 e. The number of hydrogen-bond acceptors (Lipinski definition) is 2. The predicted molar refractivity (Wildman–Crippen MR) is 46.9 cm³/mol. The van der Waals surface area contributed by atoms with E-state index < -0.39 is 0 Å². The van der Waals surface area contributed by atoms with Crippen molar-refractivity contribution in [2.24, 2.45) is 0 Å². The summed E-state index contributed by atoms with van der Waals surface area (Å²) in [6.45, 7) is 1.94. The van der Waals surface area contributed by atoms with Crippen LogP contribution < -0.4 is 0 Å². The van der Waals surface area contributed by atoms with E-state index in [0.29, 0.717) is 4.64 Å². The predicted octanol–water partition coefficient (Wildman–Crippen LogP) is 2.19. The Hall–Kier alpha value is -0.670. The molecule has 0 fully saturated rings. The van der Waals surface area contributed by atoms with Crippen LogP contribution in [0.2, 0.25) is 0 Å². The Balaban J connectivity index is 2.89. The van der Waals surface area contributed by atoms with Crippen LogP contribution in [-0.2, 0) is 0 Å². The Morgan fingerprint density at radius 3 is 2.82 bits per heavy atom. The number of aromatic nitrogens is 1. The number of rotatable bonds is 2. The molecule has 1 aromatic rings. The average molecular weight is 169 g/mol. The van der Waals surface area contributed by atoms with Gasteiger partial charge in [-0.2, -0.15) is 0 Å². The Morgan fingerprint density at radius 1 is 1.64 bits per heavy atom. The van der Waals surface area contributed by atoms with E-state index in [1.165, 1.54) is 0 Å². The summed E-state index contributed by atoms with van der Waals surface area (Å²) in [5, 5.41) is 9.37. The third-order valence-electron chi connectivity index (χ3n) is 1.58. The van der Waals surface area contributed by atoms with Gasteiger partial charge in [-0.3, -0.25) is 0 Å². The van der Waals surface area contributed by atoms with Gasteiger partial charge < -0.3 is 10.1 Å². The molecule has 1 heterocycles. The van der Waals surface area contributed by atoms with E-state index in [1.807, 2.05) is 13.0 Å². The monoisotopic (exact) mass is 169 g/mol. The molecule has 2 nitrogen and oxygen atoms in total. The molecule has 1 atom stereocenters. The summed E-state index contributed by atoms with van der Waals surface area (Å²) in [6.07, 6.45) is 2.10. The second-order valence-electron chi connectivity index (χ2n) is 2.41. The summed E-state index contributed by atoms with van der Waals surface area (Å²) >= 11 is 4.86. The molecule has 0 spiro atoms. The SMILES string of the molecule is CC[C@@H](O)c1ccc(=S)[nH]c1. The number of aliphatic hydroxyl groups is 1. The maximum atomic E-state index is 9.37. The number of pyridine rings is 1. The quantitative estimate of drug-likeness (QED) is 0.666. The zero-order valence-corrected chi connectivity index (χ0v) is 7.19. The zero-order valence-electron chi connectivity index (χ0n) is 6.37. The summed E-state index contributed by atoms with van der Waals surface area (Å²) in [6, 6.07) is 3.62. The van der Waals surface area contributed by atoms with Crippen molar-refractivity contribution in [3.63, 3.8) is 0 Å². The number of aliphatic hydroxyl groups excluding tert-OH is 1. The van der Waals surface area contributed by atoms with Crippen LogP contribution in [0, 0.1) is 4.64 Å². The fraction of sp³-hybridized carbons (Fsp3) is 0.375. The van der Waals surface area contributed by atoms with Gasteiger partial charge in [-0.15, -0.1) is 0 Å². The van der Waals surface area contributed by atoms with E-state index in [0.717, 1.165) is 12.0 Å². The summed E-state index contributed by atoms with van der Waals surface area (Å²) in [7, 11) is 0. The molecule has 1 rings (SSSR count). The molecule has 0 saturated carbocycles. The number of nitrogens with one attached hydrogen (secondary N) is 1. The summed E-state index contributed by atoms with van der Waals surface area (Å²) < 4.78 is 0.692. The van der Waals surface area contributed by atoms with Crippen LogP contribution in [0.5, 0.6) is 0 Å². The van der Waals surface area contributed by atoms with Gasteiger partial charge in [0.1, 0.15) is 4.64 Å².